The van der Waals surface area contributed by atoms with Crippen LogP contribution in [0.5, 0.6) is 0 Å². The minimum absolute atomic E-state index is 0.331. The highest BCUT2D eigenvalue weighted by molar-refractivity contribution is 5.88. The number of ether oxygens (including phenoxy) is 1. The zero-order valence-electron chi connectivity index (χ0n) is 11.5. The number of nitrogens with one attached hydrogen (secondary N) is 1. The molecule has 0 aromatic carbocycles. The maximum absolute atomic E-state index is 11.6. The van der Waals surface area contributed by atoms with Gasteiger partial charge in [0.15, 0.2) is 0 Å². The van der Waals surface area contributed by atoms with Gasteiger partial charge in [0.05, 0.1) is 0 Å². The summed E-state index contributed by atoms with van der Waals surface area (Å²) >= 11 is 0. The van der Waals surface area contributed by atoms with E-state index >= 15 is 0 Å². The molecule has 0 saturated heterocycles. The van der Waals surface area contributed by atoms with Crippen LogP contribution < -0.4 is 5.43 Å². The summed E-state index contributed by atoms with van der Waals surface area (Å²) in [6.07, 6.45) is 4.38. The van der Waals surface area contributed by atoms with Crippen molar-refractivity contribution < 1.29 is 9.53 Å². The smallest absolute Gasteiger partial charge is 0.334 e. The van der Waals surface area contributed by atoms with Gasteiger partial charge in [0.25, 0.3) is 0 Å². The van der Waals surface area contributed by atoms with Crippen LogP contribution in [0.15, 0.2) is 24.3 Å². The Balaban J connectivity index is 3.90. The average Bonchev–Trinajstić information content (AvgIpc) is 2.13. The highest BCUT2D eigenvalue weighted by atomic mass is 16.6. The molecule has 1 N–H and O–H groups in total. The van der Waals surface area contributed by atoms with E-state index < -0.39 is 5.60 Å². The molecule has 0 aromatic heterocycles. The van der Waals surface area contributed by atoms with Crippen molar-refractivity contribution in [1.29, 1.82) is 0 Å². The van der Waals surface area contributed by atoms with Crippen LogP contribution in [0.25, 0.3) is 0 Å². The van der Waals surface area contributed by atoms with Crippen molar-refractivity contribution in [1.82, 2.24) is 10.4 Å². The molecule has 4 heteroatoms. The van der Waals surface area contributed by atoms with Crippen LogP contribution in [0.1, 0.15) is 27.2 Å². The van der Waals surface area contributed by atoms with E-state index in [0.717, 1.165) is 6.54 Å². The van der Waals surface area contributed by atoms with Gasteiger partial charge in [-0.25, -0.2) is 4.79 Å². The first kappa shape index (κ1) is 15.9. The topological polar surface area (TPSA) is 41.6 Å². The summed E-state index contributed by atoms with van der Waals surface area (Å²) in [5.41, 5.74) is 3.10. The van der Waals surface area contributed by atoms with Gasteiger partial charge in [-0.2, -0.15) is 0 Å². The molecule has 17 heavy (non-hydrogen) atoms. The van der Waals surface area contributed by atoms with Gasteiger partial charge >= 0.3 is 5.97 Å². The van der Waals surface area contributed by atoms with Gasteiger partial charge in [-0.15, -0.1) is 0 Å². The molecule has 0 bridgehead atoms. The van der Waals surface area contributed by atoms with E-state index in [9.17, 15) is 4.79 Å². The molecule has 0 saturated carbocycles. The summed E-state index contributed by atoms with van der Waals surface area (Å²) in [6.45, 7) is 9.97. The van der Waals surface area contributed by atoms with Crippen molar-refractivity contribution in [2.24, 2.45) is 0 Å². The van der Waals surface area contributed by atoms with E-state index in [1.807, 2.05) is 52.0 Å². The molecule has 0 fully saturated rings. The second-order valence-electron chi connectivity index (χ2n) is 5.04. The third-order valence-corrected chi connectivity index (χ3v) is 1.74. The summed E-state index contributed by atoms with van der Waals surface area (Å²) < 4.78 is 5.20. The van der Waals surface area contributed by atoms with Crippen LogP contribution in [0.2, 0.25) is 0 Å². The molecule has 4 nitrogen and oxygen atoms in total. The first-order chi connectivity index (χ1) is 7.72. The minimum Gasteiger partial charge on any atom is -0.457 e. The molecule has 0 aliphatic heterocycles. The van der Waals surface area contributed by atoms with Crippen LogP contribution in [0.4, 0.5) is 0 Å². The van der Waals surface area contributed by atoms with E-state index in [0.29, 0.717) is 12.0 Å². The van der Waals surface area contributed by atoms with Crippen LogP contribution >= 0.6 is 0 Å². The van der Waals surface area contributed by atoms with Crippen molar-refractivity contribution in [2.45, 2.75) is 32.8 Å². The van der Waals surface area contributed by atoms with Crippen LogP contribution in [0.3, 0.4) is 0 Å². The fourth-order valence-corrected chi connectivity index (χ4v) is 0.978. The molecule has 0 spiro atoms. The highest BCUT2D eigenvalue weighted by Gasteiger charge is 2.17. The second-order valence-corrected chi connectivity index (χ2v) is 5.04. The van der Waals surface area contributed by atoms with Gasteiger partial charge in [-0.05, 0) is 27.2 Å². The number of carbonyl (C=O) groups is 1. The normalized spacial score (nSPS) is 12.1. The monoisotopic (exact) mass is 240 g/mol. The predicted molar refractivity (Wildman–Crippen MR) is 70.4 cm³/mol. The largest absolute Gasteiger partial charge is 0.457 e. The summed E-state index contributed by atoms with van der Waals surface area (Å²) in [6, 6.07) is 0. The van der Waals surface area contributed by atoms with Crippen LogP contribution in [0, 0.1) is 0 Å². The zero-order valence-corrected chi connectivity index (χ0v) is 11.5. The third kappa shape index (κ3) is 9.78. The quantitative estimate of drug-likeness (QED) is 0.333. The summed E-state index contributed by atoms with van der Waals surface area (Å²) in [5.74, 6) is -0.331. The molecule has 0 rings (SSSR count). The molecule has 0 atom stereocenters. The lowest BCUT2D eigenvalue weighted by Gasteiger charge is -2.19. The lowest BCUT2D eigenvalue weighted by molar-refractivity contribution is -0.149. The minimum atomic E-state index is -0.462. The summed E-state index contributed by atoms with van der Waals surface area (Å²) in [7, 11) is 3.85. The van der Waals surface area contributed by atoms with Crippen molar-refractivity contribution in [3.05, 3.63) is 24.3 Å². The van der Waals surface area contributed by atoms with Gasteiger partial charge in [0.2, 0.25) is 0 Å². The molecule has 98 valence electrons. The first-order valence-corrected chi connectivity index (χ1v) is 5.69. The molecule has 0 unspecified atom stereocenters. The third-order valence-electron chi connectivity index (χ3n) is 1.74. The number of carbonyl (C=O) groups excluding carboxylic acids is 1. The molecule has 0 aliphatic carbocycles. The highest BCUT2D eigenvalue weighted by Crippen LogP contribution is 2.11. The van der Waals surface area contributed by atoms with Crippen molar-refractivity contribution in [2.75, 3.05) is 20.6 Å². The van der Waals surface area contributed by atoms with E-state index in [1.165, 1.54) is 0 Å². The molecule has 0 heterocycles. The lowest BCUT2D eigenvalue weighted by atomic mass is 10.1. The number of hydrogen-bond donors (Lipinski definition) is 1. The van der Waals surface area contributed by atoms with E-state index in [1.54, 1.807) is 0 Å². The van der Waals surface area contributed by atoms with Crippen molar-refractivity contribution >= 4 is 5.97 Å². The van der Waals surface area contributed by atoms with Crippen molar-refractivity contribution in [3.63, 3.8) is 0 Å². The summed E-state index contributed by atoms with van der Waals surface area (Å²) in [4.78, 5) is 11.6. The second kappa shape index (κ2) is 7.25. The van der Waals surface area contributed by atoms with Crippen LogP contribution in [-0.4, -0.2) is 37.2 Å². The van der Waals surface area contributed by atoms with Crippen molar-refractivity contribution in [3.8, 4) is 0 Å². The Morgan fingerprint density at radius 3 is 2.41 bits per heavy atom. The number of esters is 1. The van der Waals surface area contributed by atoms with E-state index in [4.69, 9.17) is 4.74 Å². The maximum Gasteiger partial charge on any atom is 0.334 e. The number of nitrogens with zero attached hydrogens (tertiary/aromatic N) is 1. The molecular formula is C13H24N2O2. The number of rotatable bonds is 6. The number of allylic oxidation sites excluding steroid dienone is 1. The Hall–Kier alpha value is -1.13. The Morgan fingerprint density at radius 2 is 1.94 bits per heavy atom. The average molecular weight is 240 g/mol. The molecule has 0 aromatic rings. The first-order valence-electron chi connectivity index (χ1n) is 5.69. The van der Waals surface area contributed by atoms with E-state index in [-0.39, 0.29) is 5.97 Å². The maximum atomic E-state index is 11.6. The predicted octanol–water partition coefficient (Wildman–Crippen LogP) is 1.90. The Bertz CT molecular complexity index is 288. The van der Waals surface area contributed by atoms with Crippen LogP contribution in [-0.2, 0) is 9.53 Å². The molecule has 0 radical (unpaired) electrons. The van der Waals surface area contributed by atoms with Gasteiger partial charge in [-0.1, -0.05) is 18.7 Å². The van der Waals surface area contributed by atoms with E-state index in [2.05, 4.69) is 12.0 Å². The molecule has 0 amide bonds. The SMILES string of the molecule is C=C(CC=CCNN(C)C)C(=O)OC(C)(C)C. The Labute approximate surface area is 104 Å². The fraction of sp³-hybridized carbons (Fsp3) is 0.615. The number of hydrogen-bond acceptors (Lipinski definition) is 4. The Kier molecular flexibility index (Phi) is 6.76. The lowest BCUT2D eigenvalue weighted by Crippen LogP contribution is -2.30. The van der Waals surface area contributed by atoms with Gasteiger partial charge in [0, 0.05) is 26.2 Å². The van der Waals surface area contributed by atoms with Gasteiger partial charge in [-0.3, -0.25) is 10.4 Å². The zero-order chi connectivity index (χ0) is 13.5. The standard InChI is InChI=1S/C13H24N2O2/c1-11(12(16)17-13(2,3)4)9-7-8-10-14-15(5)6/h7-8,14H,1,9-10H2,2-6H3. The molecular weight excluding hydrogens is 216 g/mol. The van der Waals surface area contributed by atoms with Gasteiger partial charge in [0.1, 0.15) is 5.60 Å². The molecule has 0 aliphatic rings. The number of hydrazine groups is 1. The summed E-state index contributed by atoms with van der Waals surface area (Å²) in [5, 5.41) is 1.87. The Morgan fingerprint density at radius 1 is 1.35 bits per heavy atom. The van der Waals surface area contributed by atoms with Gasteiger partial charge < -0.3 is 4.74 Å². The fourth-order valence-electron chi connectivity index (χ4n) is 0.978.